The summed E-state index contributed by atoms with van der Waals surface area (Å²) in [6, 6.07) is 0. The molecule has 2 saturated carbocycles. The maximum absolute atomic E-state index is 4.27. The molecule has 0 aliphatic heterocycles. The lowest BCUT2D eigenvalue weighted by molar-refractivity contribution is 0.564. The summed E-state index contributed by atoms with van der Waals surface area (Å²) in [5.74, 6) is 4.13. The van der Waals surface area contributed by atoms with Gasteiger partial charge in [-0.25, -0.2) is 4.98 Å². The van der Waals surface area contributed by atoms with Gasteiger partial charge in [0.05, 0.1) is 0 Å². The van der Waals surface area contributed by atoms with Gasteiger partial charge >= 0.3 is 0 Å². The van der Waals surface area contributed by atoms with Gasteiger partial charge in [-0.1, -0.05) is 22.4 Å². The number of aromatic amines is 1. The van der Waals surface area contributed by atoms with Crippen molar-refractivity contribution >= 4 is 15.9 Å². The zero-order valence-corrected chi connectivity index (χ0v) is 9.70. The number of alkyl halides is 1. The van der Waals surface area contributed by atoms with Gasteiger partial charge in [0.1, 0.15) is 5.82 Å². The fourth-order valence-corrected chi connectivity index (χ4v) is 4.23. The summed E-state index contributed by atoms with van der Waals surface area (Å²) in [7, 11) is 0. The van der Waals surface area contributed by atoms with Crippen LogP contribution in [0.2, 0.25) is 0 Å². The van der Waals surface area contributed by atoms with Gasteiger partial charge in [0, 0.05) is 23.6 Å². The van der Waals surface area contributed by atoms with E-state index in [-0.39, 0.29) is 0 Å². The van der Waals surface area contributed by atoms with Crippen molar-refractivity contribution in [1.29, 1.82) is 0 Å². The molecule has 14 heavy (non-hydrogen) atoms. The standard InChI is InChI=1S/C11H15BrN2/c12-9(6-10-13-4-5-14-10)11-7-2-1-3-8(7)11/h4-5,7-9,11H,1-3,6H2,(H,13,14). The normalized spacial score (nSPS) is 36.8. The van der Waals surface area contributed by atoms with Crippen molar-refractivity contribution < 1.29 is 0 Å². The Labute approximate surface area is 92.6 Å². The molecule has 0 aromatic carbocycles. The van der Waals surface area contributed by atoms with Gasteiger partial charge in [0.2, 0.25) is 0 Å². The number of hydrogen-bond donors (Lipinski definition) is 1. The Morgan fingerprint density at radius 1 is 1.50 bits per heavy atom. The van der Waals surface area contributed by atoms with Crippen LogP contribution in [-0.2, 0) is 6.42 Å². The molecule has 0 bridgehead atoms. The lowest BCUT2D eigenvalue weighted by Crippen LogP contribution is -2.10. The smallest absolute Gasteiger partial charge is 0.107 e. The molecule has 0 radical (unpaired) electrons. The van der Waals surface area contributed by atoms with E-state index >= 15 is 0 Å². The van der Waals surface area contributed by atoms with Crippen molar-refractivity contribution in [2.24, 2.45) is 17.8 Å². The second-order valence-corrected chi connectivity index (χ2v) is 5.77. The number of hydrogen-bond acceptors (Lipinski definition) is 1. The van der Waals surface area contributed by atoms with Gasteiger partial charge in [-0.3, -0.25) is 0 Å². The Kier molecular flexibility index (Phi) is 2.15. The first-order valence-electron chi connectivity index (χ1n) is 5.48. The predicted molar refractivity (Wildman–Crippen MR) is 59.3 cm³/mol. The van der Waals surface area contributed by atoms with E-state index < -0.39 is 0 Å². The summed E-state index contributed by atoms with van der Waals surface area (Å²) in [4.78, 5) is 8.09. The quantitative estimate of drug-likeness (QED) is 0.826. The Bertz CT molecular complexity index is 299. The minimum Gasteiger partial charge on any atom is -0.349 e. The number of nitrogens with one attached hydrogen (secondary N) is 1. The van der Waals surface area contributed by atoms with Crippen LogP contribution >= 0.6 is 15.9 Å². The molecule has 1 heterocycles. The van der Waals surface area contributed by atoms with Crippen LogP contribution in [0.25, 0.3) is 0 Å². The third kappa shape index (κ3) is 1.42. The van der Waals surface area contributed by atoms with E-state index in [4.69, 9.17) is 0 Å². The number of nitrogens with zero attached hydrogens (tertiary/aromatic N) is 1. The molecule has 3 atom stereocenters. The molecule has 2 aliphatic rings. The Balaban J connectivity index is 1.59. The fourth-order valence-electron chi connectivity index (χ4n) is 3.14. The third-order valence-electron chi connectivity index (χ3n) is 3.83. The number of halogens is 1. The van der Waals surface area contributed by atoms with E-state index in [2.05, 4.69) is 25.9 Å². The van der Waals surface area contributed by atoms with E-state index in [0.717, 1.165) is 30.0 Å². The highest BCUT2D eigenvalue weighted by Gasteiger charge is 2.55. The van der Waals surface area contributed by atoms with Crippen molar-refractivity contribution in [3.8, 4) is 0 Å². The van der Waals surface area contributed by atoms with Crippen LogP contribution in [0.5, 0.6) is 0 Å². The summed E-state index contributed by atoms with van der Waals surface area (Å²) >= 11 is 3.82. The molecular weight excluding hydrogens is 240 g/mol. The molecule has 3 rings (SSSR count). The summed E-state index contributed by atoms with van der Waals surface area (Å²) in [6.45, 7) is 0. The van der Waals surface area contributed by atoms with E-state index in [9.17, 15) is 0 Å². The molecular formula is C11H15BrN2. The molecule has 1 aromatic rings. The monoisotopic (exact) mass is 254 g/mol. The summed E-state index contributed by atoms with van der Waals surface area (Å²) in [6.07, 6.45) is 9.20. The Hall–Kier alpha value is -0.310. The maximum atomic E-state index is 4.27. The molecule has 2 aliphatic carbocycles. The first kappa shape index (κ1) is 8.96. The van der Waals surface area contributed by atoms with Crippen LogP contribution in [-0.4, -0.2) is 14.8 Å². The highest BCUT2D eigenvalue weighted by molar-refractivity contribution is 9.09. The van der Waals surface area contributed by atoms with Gasteiger partial charge in [-0.05, 0) is 30.6 Å². The topological polar surface area (TPSA) is 28.7 Å². The average molecular weight is 255 g/mol. The van der Waals surface area contributed by atoms with E-state index in [1.54, 1.807) is 0 Å². The summed E-state index contributed by atoms with van der Waals surface area (Å²) in [5.41, 5.74) is 0. The number of imidazole rings is 1. The summed E-state index contributed by atoms with van der Waals surface area (Å²) in [5, 5.41) is 0. The molecule has 1 N–H and O–H groups in total. The van der Waals surface area contributed by atoms with Gasteiger partial charge in [0.25, 0.3) is 0 Å². The first-order valence-corrected chi connectivity index (χ1v) is 6.40. The Morgan fingerprint density at radius 2 is 2.29 bits per heavy atom. The van der Waals surface area contributed by atoms with Gasteiger partial charge in [0.15, 0.2) is 0 Å². The molecule has 0 spiro atoms. The minimum atomic E-state index is 0.643. The molecule has 0 amide bonds. The third-order valence-corrected chi connectivity index (χ3v) is 4.77. The average Bonchev–Trinajstić information content (AvgIpc) is 2.63. The minimum absolute atomic E-state index is 0.643. The van der Waals surface area contributed by atoms with Gasteiger partial charge in [-0.15, -0.1) is 0 Å². The first-order chi connectivity index (χ1) is 6.86. The SMILES string of the molecule is BrC(Cc1ncc[nH]1)C1C2CCCC21. The van der Waals surface area contributed by atoms with Crippen LogP contribution in [0.1, 0.15) is 25.1 Å². The Morgan fingerprint density at radius 3 is 2.93 bits per heavy atom. The second-order valence-electron chi connectivity index (χ2n) is 4.59. The molecule has 0 saturated heterocycles. The van der Waals surface area contributed by atoms with Crippen LogP contribution < -0.4 is 0 Å². The molecule has 2 nitrogen and oxygen atoms in total. The van der Waals surface area contributed by atoms with Crippen LogP contribution in [0.3, 0.4) is 0 Å². The van der Waals surface area contributed by atoms with E-state index in [0.29, 0.717) is 4.83 Å². The zero-order chi connectivity index (χ0) is 9.54. The van der Waals surface area contributed by atoms with Crippen LogP contribution in [0.4, 0.5) is 0 Å². The lowest BCUT2D eigenvalue weighted by atomic mass is 10.1. The number of H-pyrrole nitrogens is 1. The van der Waals surface area contributed by atoms with E-state index in [1.807, 2.05) is 12.4 Å². The number of fused-ring (bicyclic) bond motifs is 1. The van der Waals surface area contributed by atoms with Gasteiger partial charge < -0.3 is 4.98 Å². The highest BCUT2D eigenvalue weighted by atomic mass is 79.9. The molecule has 1 aromatic heterocycles. The fraction of sp³-hybridized carbons (Fsp3) is 0.727. The molecule has 76 valence electrons. The zero-order valence-electron chi connectivity index (χ0n) is 8.12. The van der Waals surface area contributed by atoms with Crippen molar-refractivity contribution in [1.82, 2.24) is 9.97 Å². The van der Waals surface area contributed by atoms with Crippen LogP contribution in [0, 0.1) is 17.8 Å². The van der Waals surface area contributed by atoms with E-state index in [1.165, 1.54) is 19.3 Å². The molecule has 2 fully saturated rings. The van der Waals surface area contributed by atoms with Crippen LogP contribution in [0.15, 0.2) is 12.4 Å². The molecule has 3 heteroatoms. The molecule has 3 unspecified atom stereocenters. The second kappa shape index (κ2) is 3.37. The predicted octanol–water partition coefficient (Wildman–Crippen LogP) is 2.76. The lowest BCUT2D eigenvalue weighted by Gasteiger charge is -2.09. The summed E-state index contributed by atoms with van der Waals surface area (Å²) < 4.78 is 0. The number of aromatic nitrogens is 2. The van der Waals surface area contributed by atoms with Crippen molar-refractivity contribution in [2.75, 3.05) is 0 Å². The van der Waals surface area contributed by atoms with Gasteiger partial charge in [-0.2, -0.15) is 0 Å². The number of rotatable bonds is 3. The van der Waals surface area contributed by atoms with Crippen molar-refractivity contribution in [3.05, 3.63) is 18.2 Å². The highest BCUT2D eigenvalue weighted by Crippen LogP contribution is 2.60. The van der Waals surface area contributed by atoms with Crippen molar-refractivity contribution in [3.63, 3.8) is 0 Å². The van der Waals surface area contributed by atoms with Crippen molar-refractivity contribution in [2.45, 2.75) is 30.5 Å². The largest absolute Gasteiger partial charge is 0.349 e. The maximum Gasteiger partial charge on any atom is 0.107 e.